The first kappa shape index (κ1) is 27.9. The highest BCUT2D eigenvalue weighted by Crippen LogP contribution is 2.25. The van der Waals surface area contributed by atoms with Gasteiger partial charge in [-0.2, -0.15) is 0 Å². The first-order chi connectivity index (χ1) is 17.7. The number of hydrogen-bond acceptors (Lipinski definition) is 4. The summed E-state index contributed by atoms with van der Waals surface area (Å²) in [6.07, 6.45) is 0.388. The molecule has 3 rings (SSSR count). The Balaban J connectivity index is 2.03. The second kappa shape index (κ2) is 12.5. The Morgan fingerprint density at radius 2 is 1.41 bits per heavy atom. The number of aryl methyl sites for hydroxylation is 2. The molecule has 0 heterocycles. The van der Waals surface area contributed by atoms with Crippen molar-refractivity contribution in [3.8, 4) is 0 Å². The van der Waals surface area contributed by atoms with Crippen molar-refractivity contribution >= 4 is 27.5 Å². The summed E-state index contributed by atoms with van der Waals surface area (Å²) in [5.41, 5.74) is 3.28. The fourth-order valence-corrected chi connectivity index (χ4v) is 5.50. The molecule has 3 aromatic carbocycles. The number of rotatable bonds is 11. The third kappa shape index (κ3) is 6.98. The molecular weight excluding hydrogens is 486 g/mol. The van der Waals surface area contributed by atoms with Gasteiger partial charge in [-0.15, -0.1) is 0 Å². The molecule has 0 fully saturated rings. The van der Waals surface area contributed by atoms with Crippen LogP contribution in [0, 0.1) is 13.8 Å². The predicted octanol–water partition coefficient (Wildman–Crippen LogP) is 4.44. The molecule has 37 heavy (non-hydrogen) atoms. The van der Waals surface area contributed by atoms with E-state index < -0.39 is 28.5 Å². The van der Waals surface area contributed by atoms with Crippen LogP contribution in [-0.2, 0) is 26.2 Å². The first-order valence-electron chi connectivity index (χ1n) is 12.4. The van der Waals surface area contributed by atoms with Gasteiger partial charge in [0.1, 0.15) is 12.6 Å². The SMILES string of the molecule is CCNC(=O)[C@H](CC)N(Cc1ccc(C)cc1)C(=O)CN(c1ccc(C)cc1)S(=O)(=O)c1ccccc1. The van der Waals surface area contributed by atoms with Crippen LogP contribution < -0.4 is 9.62 Å². The maximum atomic E-state index is 13.9. The largest absolute Gasteiger partial charge is 0.355 e. The molecular formula is C29H35N3O4S. The minimum absolute atomic E-state index is 0.0872. The summed E-state index contributed by atoms with van der Waals surface area (Å²) in [5.74, 6) is -0.725. The molecule has 7 nitrogen and oxygen atoms in total. The number of hydrogen-bond donors (Lipinski definition) is 1. The van der Waals surface area contributed by atoms with E-state index >= 15 is 0 Å². The number of amides is 2. The number of sulfonamides is 1. The van der Waals surface area contributed by atoms with Crippen molar-refractivity contribution in [3.05, 3.63) is 95.6 Å². The van der Waals surface area contributed by atoms with Crippen molar-refractivity contribution < 1.29 is 18.0 Å². The van der Waals surface area contributed by atoms with Gasteiger partial charge in [0.05, 0.1) is 10.6 Å². The molecule has 0 spiro atoms. The van der Waals surface area contributed by atoms with E-state index in [1.165, 1.54) is 17.0 Å². The lowest BCUT2D eigenvalue weighted by Crippen LogP contribution is -2.52. The zero-order chi connectivity index (χ0) is 27.0. The van der Waals surface area contributed by atoms with Crippen LogP contribution in [-0.4, -0.2) is 44.3 Å². The first-order valence-corrected chi connectivity index (χ1v) is 13.9. The van der Waals surface area contributed by atoms with Crippen molar-refractivity contribution in [1.29, 1.82) is 0 Å². The van der Waals surface area contributed by atoms with Crippen molar-refractivity contribution in [2.45, 2.75) is 51.6 Å². The van der Waals surface area contributed by atoms with Crippen LogP contribution in [0.15, 0.2) is 83.8 Å². The van der Waals surface area contributed by atoms with Gasteiger partial charge in [-0.05, 0) is 57.0 Å². The topological polar surface area (TPSA) is 86.8 Å². The zero-order valence-corrected chi connectivity index (χ0v) is 22.7. The Kier molecular flexibility index (Phi) is 9.47. The summed E-state index contributed by atoms with van der Waals surface area (Å²) in [6, 6.07) is 22.0. The standard InChI is InChI=1S/C29H35N3O4S/c1-5-27(29(34)30-6-2)31(20-24-16-12-22(3)13-17-24)28(33)21-32(25-18-14-23(4)15-19-25)37(35,36)26-10-8-7-9-11-26/h7-19,27H,5-6,20-21H2,1-4H3,(H,30,34)/t27-/m0/s1. The van der Waals surface area contributed by atoms with Crippen molar-refractivity contribution in [1.82, 2.24) is 10.2 Å². The van der Waals surface area contributed by atoms with E-state index in [4.69, 9.17) is 0 Å². The van der Waals surface area contributed by atoms with Crippen molar-refractivity contribution in [2.24, 2.45) is 0 Å². The number of likely N-dealkylation sites (N-methyl/N-ethyl adjacent to an activating group) is 1. The molecule has 0 aliphatic rings. The fraction of sp³-hybridized carbons (Fsp3) is 0.310. The number of anilines is 1. The summed E-state index contributed by atoms with van der Waals surface area (Å²) < 4.78 is 28.6. The maximum absolute atomic E-state index is 13.9. The number of carbonyl (C=O) groups excluding carboxylic acids is 2. The van der Waals surface area contributed by atoms with Crippen LogP contribution in [0.4, 0.5) is 5.69 Å². The number of nitrogens with zero attached hydrogens (tertiary/aromatic N) is 2. The van der Waals surface area contributed by atoms with Crippen LogP contribution >= 0.6 is 0 Å². The monoisotopic (exact) mass is 521 g/mol. The van der Waals surface area contributed by atoms with E-state index in [1.54, 1.807) is 42.5 Å². The lowest BCUT2D eigenvalue weighted by atomic mass is 10.1. The molecule has 0 aliphatic heterocycles. The third-order valence-corrected chi connectivity index (χ3v) is 7.93. The van der Waals surface area contributed by atoms with Gasteiger partial charge in [-0.25, -0.2) is 8.42 Å². The van der Waals surface area contributed by atoms with E-state index in [1.807, 2.05) is 52.0 Å². The molecule has 0 bridgehead atoms. The van der Waals surface area contributed by atoms with Gasteiger partial charge in [-0.3, -0.25) is 13.9 Å². The Morgan fingerprint density at radius 1 is 0.838 bits per heavy atom. The maximum Gasteiger partial charge on any atom is 0.264 e. The van der Waals surface area contributed by atoms with Gasteiger partial charge in [0.2, 0.25) is 11.8 Å². The Bertz CT molecular complexity index is 1290. The molecule has 1 atom stereocenters. The average molecular weight is 522 g/mol. The Labute approximate surface area is 220 Å². The van der Waals surface area contributed by atoms with E-state index in [9.17, 15) is 18.0 Å². The van der Waals surface area contributed by atoms with Crippen LogP contribution in [0.5, 0.6) is 0 Å². The van der Waals surface area contributed by atoms with Gasteiger partial charge in [-0.1, -0.05) is 72.6 Å². The Morgan fingerprint density at radius 3 is 1.95 bits per heavy atom. The highest BCUT2D eigenvalue weighted by atomic mass is 32.2. The van der Waals surface area contributed by atoms with E-state index in [-0.39, 0.29) is 17.3 Å². The molecule has 0 saturated heterocycles. The molecule has 0 saturated carbocycles. The van der Waals surface area contributed by atoms with Crippen LogP contribution in [0.2, 0.25) is 0 Å². The zero-order valence-electron chi connectivity index (χ0n) is 21.8. The normalized spacial score (nSPS) is 12.0. The molecule has 196 valence electrons. The smallest absolute Gasteiger partial charge is 0.264 e. The molecule has 8 heteroatoms. The van der Waals surface area contributed by atoms with Gasteiger partial charge in [0.15, 0.2) is 0 Å². The van der Waals surface area contributed by atoms with Gasteiger partial charge in [0, 0.05) is 13.1 Å². The lowest BCUT2D eigenvalue weighted by molar-refractivity contribution is -0.140. The van der Waals surface area contributed by atoms with E-state index in [2.05, 4.69) is 5.32 Å². The van der Waals surface area contributed by atoms with E-state index in [0.29, 0.717) is 18.7 Å². The molecule has 2 amide bonds. The lowest BCUT2D eigenvalue weighted by Gasteiger charge is -2.33. The number of carbonyl (C=O) groups is 2. The van der Waals surface area contributed by atoms with Crippen molar-refractivity contribution in [3.63, 3.8) is 0 Å². The quantitative estimate of drug-likeness (QED) is 0.404. The molecule has 0 radical (unpaired) electrons. The number of nitrogens with one attached hydrogen (secondary N) is 1. The minimum Gasteiger partial charge on any atom is -0.355 e. The molecule has 0 aromatic heterocycles. The summed E-state index contributed by atoms with van der Waals surface area (Å²) in [7, 11) is -4.05. The second-order valence-electron chi connectivity index (χ2n) is 8.99. The molecule has 1 N–H and O–H groups in total. The fourth-order valence-electron chi connectivity index (χ4n) is 4.06. The highest BCUT2D eigenvalue weighted by Gasteiger charge is 2.33. The molecule has 3 aromatic rings. The van der Waals surface area contributed by atoms with Crippen LogP contribution in [0.3, 0.4) is 0 Å². The summed E-state index contributed by atoms with van der Waals surface area (Å²) in [6.45, 7) is 7.72. The average Bonchev–Trinajstić information content (AvgIpc) is 2.89. The summed E-state index contributed by atoms with van der Waals surface area (Å²) >= 11 is 0. The molecule has 0 aliphatic carbocycles. The van der Waals surface area contributed by atoms with E-state index in [0.717, 1.165) is 21.0 Å². The highest BCUT2D eigenvalue weighted by molar-refractivity contribution is 7.92. The van der Waals surface area contributed by atoms with Gasteiger partial charge in [0.25, 0.3) is 10.0 Å². The van der Waals surface area contributed by atoms with Crippen LogP contribution in [0.1, 0.15) is 37.0 Å². The van der Waals surface area contributed by atoms with Gasteiger partial charge >= 0.3 is 0 Å². The number of benzene rings is 3. The van der Waals surface area contributed by atoms with Crippen LogP contribution in [0.25, 0.3) is 0 Å². The van der Waals surface area contributed by atoms with Gasteiger partial charge < -0.3 is 10.2 Å². The second-order valence-corrected chi connectivity index (χ2v) is 10.8. The van der Waals surface area contributed by atoms with Crippen molar-refractivity contribution in [2.75, 3.05) is 17.4 Å². The third-order valence-electron chi connectivity index (χ3n) is 6.14. The summed E-state index contributed by atoms with van der Waals surface area (Å²) in [4.78, 5) is 28.4. The minimum atomic E-state index is -4.05. The molecule has 0 unspecified atom stereocenters. The summed E-state index contributed by atoms with van der Waals surface area (Å²) in [5, 5.41) is 2.81. The predicted molar refractivity (Wildman–Crippen MR) is 147 cm³/mol. The Hall–Kier alpha value is -3.65.